The van der Waals surface area contributed by atoms with Crippen LogP contribution in [0.2, 0.25) is 0 Å². The average molecular weight is 363 g/mol. The third kappa shape index (κ3) is 2.63. The second kappa shape index (κ2) is 6.01. The maximum Gasteiger partial charge on any atom is 0.231 e. The number of benzene rings is 2. The lowest BCUT2D eigenvalue weighted by Crippen LogP contribution is -2.25. The molecule has 1 atom stereocenters. The predicted molar refractivity (Wildman–Crippen MR) is 102 cm³/mol. The predicted octanol–water partition coefficient (Wildman–Crippen LogP) is 3.90. The molecule has 2 aliphatic rings. The minimum atomic E-state index is -0.116. The van der Waals surface area contributed by atoms with E-state index < -0.39 is 0 Å². The summed E-state index contributed by atoms with van der Waals surface area (Å²) in [4.78, 5) is 17.4. The summed E-state index contributed by atoms with van der Waals surface area (Å²) in [6.45, 7) is 5.45. The second-order valence-corrected chi connectivity index (χ2v) is 7.56. The molecule has 6 heteroatoms. The zero-order valence-electron chi connectivity index (χ0n) is 15.4. The number of ether oxygens (including phenoxy) is 2. The van der Waals surface area contributed by atoms with Gasteiger partial charge >= 0.3 is 0 Å². The summed E-state index contributed by atoms with van der Waals surface area (Å²) in [5.41, 5.74) is 3.87. The van der Waals surface area contributed by atoms with Gasteiger partial charge in [0.15, 0.2) is 11.5 Å². The fourth-order valence-corrected chi connectivity index (χ4v) is 4.00. The van der Waals surface area contributed by atoms with Crippen LogP contribution in [0.3, 0.4) is 0 Å². The molecule has 5 rings (SSSR count). The van der Waals surface area contributed by atoms with Crippen molar-refractivity contribution in [3.05, 3.63) is 47.8 Å². The lowest BCUT2D eigenvalue weighted by molar-refractivity contribution is -0.116. The van der Waals surface area contributed by atoms with Crippen molar-refractivity contribution in [2.45, 2.75) is 32.7 Å². The van der Waals surface area contributed by atoms with Crippen LogP contribution in [-0.2, 0) is 11.3 Å². The lowest BCUT2D eigenvalue weighted by Gasteiger charge is -2.26. The molecule has 3 aromatic rings. The summed E-state index contributed by atoms with van der Waals surface area (Å²) >= 11 is 0. The van der Waals surface area contributed by atoms with Crippen LogP contribution in [0.15, 0.2) is 36.4 Å². The normalized spacial score (nSPS) is 18.0. The summed E-state index contributed by atoms with van der Waals surface area (Å²) in [6.07, 6.45) is 0.369. The van der Waals surface area contributed by atoms with Gasteiger partial charge in [-0.05, 0) is 29.7 Å². The Labute approximate surface area is 157 Å². The molecular weight excluding hydrogens is 342 g/mol. The highest BCUT2D eigenvalue weighted by atomic mass is 16.7. The van der Waals surface area contributed by atoms with Crippen LogP contribution in [0.5, 0.6) is 11.5 Å². The Morgan fingerprint density at radius 2 is 2.00 bits per heavy atom. The number of amides is 1. The SMILES string of the molecule is CC(C)Cn1c(C2CC(=O)Nc3cc4c(cc32)OCO4)nc2ccccc21. The Bertz CT molecular complexity index is 1050. The molecule has 0 saturated heterocycles. The van der Waals surface area contributed by atoms with Crippen molar-refractivity contribution < 1.29 is 14.3 Å². The number of carbonyl (C=O) groups excluding carboxylic acids is 1. The molecule has 1 aromatic heterocycles. The first-order chi connectivity index (χ1) is 13.1. The molecule has 0 radical (unpaired) electrons. The van der Waals surface area contributed by atoms with Crippen molar-refractivity contribution in [2.75, 3.05) is 12.1 Å². The highest BCUT2D eigenvalue weighted by Crippen LogP contribution is 2.45. The number of para-hydroxylation sites is 2. The molecule has 0 bridgehead atoms. The highest BCUT2D eigenvalue weighted by Gasteiger charge is 2.33. The van der Waals surface area contributed by atoms with Gasteiger partial charge in [0.1, 0.15) is 5.82 Å². The van der Waals surface area contributed by atoms with Gasteiger partial charge in [-0.15, -0.1) is 0 Å². The van der Waals surface area contributed by atoms with Gasteiger partial charge in [0.05, 0.1) is 17.0 Å². The number of carbonyl (C=O) groups is 1. The van der Waals surface area contributed by atoms with E-state index >= 15 is 0 Å². The van der Waals surface area contributed by atoms with E-state index in [1.165, 1.54) is 0 Å². The fraction of sp³-hybridized carbons (Fsp3) is 0.333. The van der Waals surface area contributed by atoms with E-state index in [-0.39, 0.29) is 18.6 Å². The standard InChI is InChI=1S/C21H21N3O3/c1-12(2)10-24-17-6-4-3-5-15(17)23-21(24)14-8-20(25)22-16-9-19-18(7-13(14)16)26-11-27-19/h3-7,9,12,14H,8,10-11H2,1-2H3,(H,22,25). The molecule has 0 saturated carbocycles. The Morgan fingerprint density at radius 3 is 2.81 bits per heavy atom. The van der Waals surface area contributed by atoms with Crippen LogP contribution in [-0.4, -0.2) is 22.3 Å². The summed E-state index contributed by atoms with van der Waals surface area (Å²) in [7, 11) is 0. The Morgan fingerprint density at radius 1 is 1.22 bits per heavy atom. The smallest absolute Gasteiger partial charge is 0.231 e. The minimum Gasteiger partial charge on any atom is -0.454 e. The van der Waals surface area contributed by atoms with Gasteiger partial charge < -0.3 is 19.4 Å². The summed E-state index contributed by atoms with van der Waals surface area (Å²) in [5.74, 6) is 2.67. The first kappa shape index (κ1) is 16.2. The molecular formula is C21H21N3O3. The number of imidazole rings is 1. The maximum atomic E-state index is 12.4. The molecule has 138 valence electrons. The van der Waals surface area contributed by atoms with Gasteiger partial charge in [0.2, 0.25) is 12.7 Å². The average Bonchev–Trinajstić information content (AvgIpc) is 3.23. The van der Waals surface area contributed by atoms with E-state index in [1.54, 1.807) is 0 Å². The number of hydrogen-bond donors (Lipinski definition) is 1. The number of anilines is 1. The maximum absolute atomic E-state index is 12.4. The molecule has 3 heterocycles. The molecule has 0 fully saturated rings. The molecule has 1 amide bonds. The van der Waals surface area contributed by atoms with Gasteiger partial charge in [-0.2, -0.15) is 0 Å². The topological polar surface area (TPSA) is 65.4 Å². The number of fused-ring (bicyclic) bond motifs is 3. The molecule has 1 N–H and O–H groups in total. The van der Waals surface area contributed by atoms with E-state index in [2.05, 4.69) is 29.8 Å². The largest absolute Gasteiger partial charge is 0.454 e. The van der Waals surface area contributed by atoms with Crippen molar-refractivity contribution in [3.8, 4) is 11.5 Å². The molecule has 0 aliphatic carbocycles. The molecule has 0 spiro atoms. The van der Waals surface area contributed by atoms with Gasteiger partial charge in [0.25, 0.3) is 0 Å². The Hall–Kier alpha value is -3.02. The number of nitrogens with one attached hydrogen (secondary N) is 1. The van der Waals surface area contributed by atoms with Crippen LogP contribution < -0.4 is 14.8 Å². The van der Waals surface area contributed by atoms with E-state index in [4.69, 9.17) is 14.5 Å². The summed E-state index contributed by atoms with van der Waals surface area (Å²) in [5, 5.41) is 2.97. The van der Waals surface area contributed by atoms with E-state index in [1.807, 2.05) is 30.3 Å². The zero-order valence-corrected chi connectivity index (χ0v) is 15.4. The lowest BCUT2D eigenvalue weighted by atomic mass is 9.89. The fourth-order valence-electron chi connectivity index (χ4n) is 4.00. The Balaban J connectivity index is 1.70. The number of rotatable bonds is 3. The number of hydrogen-bond acceptors (Lipinski definition) is 4. The van der Waals surface area contributed by atoms with Crippen molar-refractivity contribution >= 4 is 22.6 Å². The van der Waals surface area contributed by atoms with Crippen LogP contribution in [0.1, 0.15) is 37.6 Å². The van der Waals surface area contributed by atoms with Crippen molar-refractivity contribution in [2.24, 2.45) is 5.92 Å². The summed E-state index contributed by atoms with van der Waals surface area (Å²) < 4.78 is 13.3. The highest BCUT2D eigenvalue weighted by molar-refractivity contribution is 5.96. The second-order valence-electron chi connectivity index (χ2n) is 7.56. The van der Waals surface area contributed by atoms with E-state index in [0.717, 1.165) is 40.4 Å². The third-order valence-corrected chi connectivity index (χ3v) is 5.13. The summed E-state index contributed by atoms with van der Waals surface area (Å²) in [6, 6.07) is 12.0. The molecule has 2 aromatic carbocycles. The number of aromatic nitrogens is 2. The molecule has 2 aliphatic heterocycles. The molecule has 6 nitrogen and oxygen atoms in total. The monoisotopic (exact) mass is 363 g/mol. The van der Waals surface area contributed by atoms with Crippen molar-refractivity contribution in [3.63, 3.8) is 0 Å². The molecule has 27 heavy (non-hydrogen) atoms. The van der Waals surface area contributed by atoms with E-state index in [0.29, 0.717) is 18.1 Å². The first-order valence-electron chi connectivity index (χ1n) is 9.28. The van der Waals surface area contributed by atoms with Gasteiger partial charge in [0, 0.05) is 24.7 Å². The van der Waals surface area contributed by atoms with Gasteiger partial charge in [-0.25, -0.2) is 4.98 Å². The van der Waals surface area contributed by atoms with Crippen LogP contribution in [0.25, 0.3) is 11.0 Å². The van der Waals surface area contributed by atoms with Gasteiger partial charge in [-0.3, -0.25) is 4.79 Å². The van der Waals surface area contributed by atoms with Crippen LogP contribution in [0, 0.1) is 5.92 Å². The van der Waals surface area contributed by atoms with Gasteiger partial charge in [-0.1, -0.05) is 26.0 Å². The van der Waals surface area contributed by atoms with Crippen LogP contribution in [0.4, 0.5) is 5.69 Å². The van der Waals surface area contributed by atoms with Crippen LogP contribution >= 0.6 is 0 Å². The number of nitrogens with zero attached hydrogens (tertiary/aromatic N) is 2. The molecule has 1 unspecified atom stereocenters. The minimum absolute atomic E-state index is 0.00508. The van der Waals surface area contributed by atoms with E-state index in [9.17, 15) is 4.79 Å². The van der Waals surface area contributed by atoms with Crippen molar-refractivity contribution in [1.82, 2.24) is 9.55 Å². The van der Waals surface area contributed by atoms with Crippen molar-refractivity contribution in [1.29, 1.82) is 0 Å². The Kier molecular flexibility index (Phi) is 3.60. The zero-order chi connectivity index (χ0) is 18.5. The first-order valence-corrected chi connectivity index (χ1v) is 9.28. The quantitative estimate of drug-likeness (QED) is 0.767. The third-order valence-electron chi connectivity index (χ3n) is 5.13.